The van der Waals surface area contributed by atoms with Gasteiger partial charge in [-0.3, -0.25) is 9.59 Å². The lowest BCUT2D eigenvalue weighted by molar-refractivity contribution is -0.147. The fourth-order valence-electron chi connectivity index (χ4n) is 3.74. The van der Waals surface area contributed by atoms with E-state index in [2.05, 4.69) is 0 Å². The van der Waals surface area contributed by atoms with E-state index < -0.39 is 10.8 Å². The van der Waals surface area contributed by atoms with Crippen molar-refractivity contribution in [3.8, 4) is 0 Å². The Morgan fingerprint density at radius 2 is 0.667 bits per heavy atom. The van der Waals surface area contributed by atoms with E-state index in [4.69, 9.17) is 0 Å². The molecule has 0 bridgehead atoms. The molecule has 0 spiro atoms. The monoisotopic (exact) mass is 336 g/mol. The Bertz CT molecular complexity index is 355. The molecule has 0 heterocycles. The van der Waals surface area contributed by atoms with Crippen molar-refractivity contribution < 1.29 is 9.59 Å². The molecule has 0 amide bonds. The Morgan fingerprint density at radius 3 is 0.917 bits per heavy atom. The maximum atomic E-state index is 12.7. The highest BCUT2D eigenvalue weighted by molar-refractivity contribution is 6.40. The average Bonchev–Trinajstić information content (AvgIpc) is 2.52. The molecule has 24 heavy (non-hydrogen) atoms. The normalized spacial score (nSPS) is 25.7. The number of rotatable bonds is 0. The largest absolute Gasteiger partial charge is 0.290 e. The zero-order valence-electron chi connectivity index (χ0n) is 16.7. The topological polar surface area (TPSA) is 34.1 Å². The molecule has 0 saturated heterocycles. The van der Waals surface area contributed by atoms with Gasteiger partial charge in [-0.15, -0.1) is 0 Å². The van der Waals surface area contributed by atoms with Crippen molar-refractivity contribution in [1.29, 1.82) is 0 Å². The van der Waals surface area contributed by atoms with Gasteiger partial charge in [-0.05, 0) is 12.8 Å². The van der Waals surface area contributed by atoms with Crippen molar-refractivity contribution in [3.63, 3.8) is 0 Å². The van der Waals surface area contributed by atoms with E-state index in [0.29, 0.717) is 0 Å². The number of hydrogen-bond donors (Lipinski definition) is 0. The van der Waals surface area contributed by atoms with Crippen LogP contribution in [0.15, 0.2) is 0 Å². The number of carbonyl (C=O) groups is 2. The molecule has 1 fully saturated rings. The molecule has 0 atom stereocenters. The van der Waals surface area contributed by atoms with E-state index in [1.807, 2.05) is 27.7 Å². The lowest BCUT2D eigenvalue weighted by Crippen LogP contribution is -2.39. The SMILES string of the molecule is CC1(C)CCCCCCCCCCCCCCC(C)(C)C(=O)C1=O. The predicted molar refractivity (Wildman–Crippen MR) is 102 cm³/mol. The minimum absolute atomic E-state index is 0.145. The van der Waals surface area contributed by atoms with Crippen molar-refractivity contribution in [2.75, 3.05) is 0 Å². The predicted octanol–water partition coefficient (Wildman–Crippen LogP) is 6.65. The second-order valence-corrected chi connectivity index (χ2v) is 9.17. The summed E-state index contributed by atoms with van der Waals surface area (Å²) in [4.78, 5) is 25.5. The zero-order valence-corrected chi connectivity index (χ0v) is 16.7. The van der Waals surface area contributed by atoms with Gasteiger partial charge in [0.1, 0.15) is 0 Å². The fraction of sp³-hybridized carbons (Fsp3) is 0.909. The highest BCUT2D eigenvalue weighted by atomic mass is 16.2. The number of hydrogen-bond acceptors (Lipinski definition) is 2. The van der Waals surface area contributed by atoms with Crippen molar-refractivity contribution in [1.82, 2.24) is 0 Å². The summed E-state index contributed by atoms with van der Waals surface area (Å²) in [5, 5.41) is 0. The molecular formula is C22H40O2. The molecule has 0 radical (unpaired) electrons. The molecule has 140 valence electrons. The van der Waals surface area contributed by atoms with E-state index in [-0.39, 0.29) is 11.6 Å². The van der Waals surface area contributed by atoms with Gasteiger partial charge in [0.15, 0.2) is 0 Å². The second-order valence-electron chi connectivity index (χ2n) is 9.17. The lowest BCUT2D eigenvalue weighted by atomic mass is 9.72. The molecular weight excluding hydrogens is 296 g/mol. The van der Waals surface area contributed by atoms with Crippen LogP contribution in [0.4, 0.5) is 0 Å². The summed E-state index contributed by atoms with van der Waals surface area (Å²) in [6, 6.07) is 0. The number of ketones is 2. The first-order valence-electron chi connectivity index (χ1n) is 10.4. The van der Waals surface area contributed by atoms with Gasteiger partial charge in [0.05, 0.1) is 0 Å². The molecule has 2 heteroatoms. The van der Waals surface area contributed by atoms with E-state index in [0.717, 1.165) is 25.7 Å². The molecule has 0 aromatic rings. The standard InChI is InChI=1S/C22H40O2/c1-21(2)17-15-13-11-9-7-5-6-8-10-12-14-16-18-22(3,4)20(24)19(21)23/h5-18H2,1-4H3. The molecule has 1 saturated carbocycles. The van der Waals surface area contributed by atoms with E-state index in [1.54, 1.807) is 0 Å². The van der Waals surface area contributed by atoms with Crippen molar-refractivity contribution in [2.24, 2.45) is 10.8 Å². The van der Waals surface area contributed by atoms with Crippen LogP contribution >= 0.6 is 0 Å². The first kappa shape index (κ1) is 21.4. The van der Waals surface area contributed by atoms with Crippen molar-refractivity contribution in [3.05, 3.63) is 0 Å². The molecule has 0 aromatic carbocycles. The third kappa shape index (κ3) is 7.49. The fourth-order valence-corrected chi connectivity index (χ4v) is 3.74. The molecule has 0 aliphatic heterocycles. The molecule has 1 rings (SSSR count). The molecule has 0 aromatic heterocycles. The maximum Gasteiger partial charge on any atom is 0.204 e. The van der Waals surface area contributed by atoms with Crippen LogP contribution in [0.5, 0.6) is 0 Å². The van der Waals surface area contributed by atoms with Crippen LogP contribution in [0.1, 0.15) is 118 Å². The van der Waals surface area contributed by atoms with Crippen LogP contribution < -0.4 is 0 Å². The molecule has 1 aliphatic rings. The van der Waals surface area contributed by atoms with E-state index in [1.165, 1.54) is 64.2 Å². The van der Waals surface area contributed by atoms with Gasteiger partial charge in [-0.2, -0.15) is 0 Å². The van der Waals surface area contributed by atoms with Gasteiger partial charge >= 0.3 is 0 Å². The summed E-state index contributed by atoms with van der Waals surface area (Å²) in [6.45, 7) is 7.84. The summed E-state index contributed by atoms with van der Waals surface area (Å²) in [7, 11) is 0. The van der Waals surface area contributed by atoms with Gasteiger partial charge in [0, 0.05) is 10.8 Å². The lowest BCUT2D eigenvalue weighted by Gasteiger charge is -2.28. The average molecular weight is 337 g/mol. The maximum absolute atomic E-state index is 12.7. The second kappa shape index (κ2) is 10.4. The molecule has 1 aliphatic carbocycles. The van der Waals surface area contributed by atoms with Crippen LogP contribution in [0.25, 0.3) is 0 Å². The van der Waals surface area contributed by atoms with E-state index in [9.17, 15) is 9.59 Å². The minimum atomic E-state index is -0.500. The molecule has 0 N–H and O–H groups in total. The molecule has 0 unspecified atom stereocenters. The Hall–Kier alpha value is -0.660. The Morgan fingerprint density at radius 1 is 0.458 bits per heavy atom. The van der Waals surface area contributed by atoms with Crippen LogP contribution in [-0.4, -0.2) is 11.6 Å². The first-order valence-corrected chi connectivity index (χ1v) is 10.4. The first-order chi connectivity index (χ1) is 11.3. The Balaban J connectivity index is 2.64. The highest BCUT2D eigenvalue weighted by Gasteiger charge is 2.39. The van der Waals surface area contributed by atoms with Gasteiger partial charge in [-0.1, -0.05) is 105 Å². The summed E-state index contributed by atoms with van der Waals surface area (Å²) in [5.41, 5.74) is -1.00. The highest BCUT2D eigenvalue weighted by Crippen LogP contribution is 2.33. The van der Waals surface area contributed by atoms with Crippen molar-refractivity contribution >= 4 is 11.6 Å². The van der Waals surface area contributed by atoms with Gasteiger partial charge < -0.3 is 0 Å². The zero-order chi connectivity index (χ0) is 18.1. The Labute approximate surface area is 150 Å². The number of carbonyl (C=O) groups excluding carboxylic acids is 2. The van der Waals surface area contributed by atoms with Gasteiger partial charge in [0.2, 0.25) is 11.6 Å². The summed E-state index contributed by atoms with van der Waals surface area (Å²) in [6.07, 6.45) is 16.8. The van der Waals surface area contributed by atoms with Gasteiger partial charge in [0.25, 0.3) is 0 Å². The summed E-state index contributed by atoms with van der Waals surface area (Å²) in [5.74, 6) is -0.290. The Kier molecular flexibility index (Phi) is 9.23. The third-order valence-electron chi connectivity index (χ3n) is 5.79. The summed E-state index contributed by atoms with van der Waals surface area (Å²) < 4.78 is 0. The third-order valence-corrected chi connectivity index (χ3v) is 5.79. The van der Waals surface area contributed by atoms with Crippen LogP contribution in [0, 0.1) is 10.8 Å². The minimum Gasteiger partial charge on any atom is -0.290 e. The van der Waals surface area contributed by atoms with E-state index >= 15 is 0 Å². The van der Waals surface area contributed by atoms with Crippen LogP contribution in [-0.2, 0) is 9.59 Å². The quantitative estimate of drug-likeness (QED) is 0.464. The van der Waals surface area contributed by atoms with Crippen molar-refractivity contribution in [2.45, 2.75) is 118 Å². The molecule has 2 nitrogen and oxygen atoms in total. The van der Waals surface area contributed by atoms with Crippen LogP contribution in [0.3, 0.4) is 0 Å². The summed E-state index contributed by atoms with van der Waals surface area (Å²) >= 11 is 0. The van der Waals surface area contributed by atoms with Crippen LogP contribution in [0.2, 0.25) is 0 Å². The van der Waals surface area contributed by atoms with Gasteiger partial charge in [-0.25, -0.2) is 0 Å². The number of Topliss-reactive ketones (excluding diaryl/α,β-unsaturated/α-hetero) is 2. The smallest absolute Gasteiger partial charge is 0.204 e.